The third-order valence-corrected chi connectivity index (χ3v) is 7.44. The van der Waals surface area contributed by atoms with Gasteiger partial charge >= 0.3 is 0 Å². The number of hydrogen-bond acceptors (Lipinski definition) is 6. The number of hydrogen-bond donors (Lipinski definition) is 1. The SMILES string of the molecule is CCSc1ccccc1[C@H](C1C=CC=C(F)C1)N1[C@@H]2COCCN2C(=O)c2c(O)c(=O)ccn21. The lowest BCUT2D eigenvalue weighted by Crippen LogP contribution is -2.66. The summed E-state index contributed by atoms with van der Waals surface area (Å²) < 4.78 is 21.9. The minimum atomic E-state index is -0.615. The second kappa shape index (κ2) is 9.31. The molecule has 2 aliphatic heterocycles. The van der Waals surface area contributed by atoms with Gasteiger partial charge in [-0.1, -0.05) is 37.3 Å². The van der Waals surface area contributed by atoms with Crippen LogP contribution in [0.2, 0.25) is 0 Å². The second-order valence-electron chi connectivity index (χ2n) is 8.44. The van der Waals surface area contributed by atoms with Crippen LogP contribution in [0, 0.1) is 5.92 Å². The fourth-order valence-corrected chi connectivity index (χ4v) is 5.86. The van der Waals surface area contributed by atoms with Gasteiger partial charge in [0, 0.05) is 36.0 Å². The minimum absolute atomic E-state index is 0.0768. The molecule has 1 aromatic heterocycles. The number of rotatable bonds is 5. The molecular weight excluding hydrogens is 457 g/mol. The molecule has 3 atom stereocenters. The van der Waals surface area contributed by atoms with Crippen molar-refractivity contribution in [2.45, 2.75) is 30.4 Å². The number of aromatic nitrogens is 1. The Bertz CT molecular complexity index is 1230. The molecule has 0 radical (unpaired) electrons. The van der Waals surface area contributed by atoms with Crippen LogP contribution in [0.25, 0.3) is 0 Å². The lowest BCUT2D eigenvalue weighted by atomic mass is 9.86. The highest BCUT2D eigenvalue weighted by Gasteiger charge is 2.46. The summed E-state index contributed by atoms with van der Waals surface area (Å²) >= 11 is 1.70. The van der Waals surface area contributed by atoms with Gasteiger partial charge in [-0.25, -0.2) is 4.39 Å². The molecule has 0 spiro atoms. The maximum Gasteiger partial charge on any atom is 0.278 e. The molecule has 34 heavy (non-hydrogen) atoms. The highest BCUT2D eigenvalue weighted by Crippen LogP contribution is 2.42. The molecule has 5 rings (SSSR count). The fourth-order valence-electron chi connectivity index (χ4n) is 5.02. The van der Waals surface area contributed by atoms with Gasteiger partial charge in [0.15, 0.2) is 11.4 Å². The van der Waals surface area contributed by atoms with Gasteiger partial charge in [0.05, 0.1) is 19.3 Å². The smallest absolute Gasteiger partial charge is 0.278 e. The van der Waals surface area contributed by atoms with Crippen molar-refractivity contribution in [2.75, 3.05) is 30.5 Å². The number of benzene rings is 1. The van der Waals surface area contributed by atoms with E-state index in [0.29, 0.717) is 13.2 Å². The first-order valence-electron chi connectivity index (χ1n) is 11.4. The zero-order valence-corrected chi connectivity index (χ0v) is 19.6. The van der Waals surface area contributed by atoms with Gasteiger partial charge in [-0.15, -0.1) is 11.8 Å². The Balaban J connectivity index is 1.75. The summed E-state index contributed by atoms with van der Waals surface area (Å²) in [5.41, 5.74) is 0.297. The molecule has 3 aliphatic rings. The van der Waals surface area contributed by atoms with Crippen molar-refractivity contribution in [1.29, 1.82) is 0 Å². The maximum absolute atomic E-state index is 14.5. The summed E-state index contributed by atoms with van der Waals surface area (Å²) in [7, 11) is 0. The number of carbonyl (C=O) groups excluding carboxylic acids is 1. The molecule has 9 heteroatoms. The van der Waals surface area contributed by atoms with Crippen LogP contribution in [0.4, 0.5) is 4.39 Å². The number of fused-ring (bicyclic) bond motifs is 2. The number of aromatic hydroxyl groups is 1. The van der Waals surface area contributed by atoms with Crippen molar-refractivity contribution >= 4 is 17.7 Å². The van der Waals surface area contributed by atoms with Crippen LogP contribution in [0.3, 0.4) is 0 Å². The Labute approximate surface area is 201 Å². The van der Waals surface area contributed by atoms with Gasteiger partial charge in [-0.3, -0.25) is 19.3 Å². The Hall–Kier alpha value is -3.04. The Morgan fingerprint density at radius 1 is 1.26 bits per heavy atom. The first kappa shape index (κ1) is 22.7. The van der Waals surface area contributed by atoms with Gasteiger partial charge in [0.1, 0.15) is 12.0 Å². The molecular formula is C25H26FN3O4S. The van der Waals surface area contributed by atoms with E-state index >= 15 is 0 Å². The van der Waals surface area contributed by atoms with E-state index in [9.17, 15) is 19.1 Å². The lowest BCUT2D eigenvalue weighted by Gasteiger charge is -2.52. The number of carbonyl (C=O) groups is 1. The summed E-state index contributed by atoms with van der Waals surface area (Å²) in [5, 5.41) is 12.6. The molecule has 0 bridgehead atoms. The number of nitrogens with zero attached hydrogens (tertiary/aromatic N) is 3. The van der Waals surface area contributed by atoms with E-state index in [0.717, 1.165) is 16.2 Å². The first-order chi connectivity index (χ1) is 16.5. The van der Waals surface area contributed by atoms with Crippen LogP contribution in [0.15, 0.2) is 70.3 Å². The Kier molecular flexibility index (Phi) is 6.22. The summed E-state index contributed by atoms with van der Waals surface area (Å²) in [6.45, 7) is 3.02. The number of allylic oxidation sites excluding steroid dienone is 3. The van der Waals surface area contributed by atoms with Gasteiger partial charge in [-0.05, 0) is 23.5 Å². The highest BCUT2D eigenvalue weighted by atomic mass is 32.2. The molecule has 1 N–H and O–H groups in total. The van der Waals surface area contributed by atoms with Crippen molar-refractivity contribution in [3.63, 3.8) is 0 Å². The van der Waals surface area contributed by atoms with Crippen LogP contribution >= 0.6 is 11.8 Å². The van der Waals surface area contributed by atoms with E-state index in [1.165, 1.54) is 18.3 Å². The zero-order chi connectivity index (χ0) is 23.8. The topological polar surface area (TPSA) is 75.0 Å². The van der Waals surface area contributed by atoms with Gasteiger partial charge in [0.2, 0.25) is 5.43 Å². The quantitative estimate of drug-likeness (QED) is 0.656. The number of ether oxygens (including phenoxy) is 1. The molecule has 3 heterocycles. The van der Waals surface area contributed by atoms with E-state index in [-0.39, 0.29) is 30.5 Å². The van der Waals surface area contributed by atoms with Gasteiger partial charge in [-0.2, -0.15) is 0 Å². The molecule has 0 saturated carbocycles. The van der Waals surface area contributed by atoms with Crippen LogP contribution in [-0.2, 0) is 4.74 Å². The number of halogens is 1. The predicted octanol–water partition coefficient (Wildman–Crippen LogP) is 3.59. The molecule has 7 nitrogen and oxygen atoms in total. The largest absolute Gasteiger partial charge is 0.502 e. The number of amides is 1. The van der Waals surface area contributed by atoms with E-state index < -0.39 is 29.3 Å². The van der Waals surface area contributed by atoms with Gasteiger partial charge in [0.25, 0.3) is 5.91 Å². The third-order valence-electron chi connectivity index (χ3n) is 6.47. The molecule has 1 amide bonds. The van der Waals surface area contributed by atoms with Gasteiger partial charge < -0.3 is 14.7 Å². The van der Waals surface area contributed by atoms with E-state index in [1.807, 2.05) is 35.4 Å². The van der Waals surface area contributed by atoms with E-state index in [2.05, 4.69) is 6.92 Å². The molecule has 1 saturated heterocycles. The normalized spacial score (nSPS) is 22.8. The average Bonchev–Trinajstić information content (AvgIpc) is 2.84. The van der Waals surface area contributed by atoms with Crippen molar-refractivity contribution in [3.8, 4) is 5.75 Å². The Morgan fingerprint density at radius 2 is 2.09 bits per heavy atom. The number of pyridine rings is 1. The monoisotopic (exact) mass is 483 g/mol. The molecule has 1 fully saturated rings. The number of morpholine rings is 1. The summed E-state index contributed by atoms with van der Waals surface area (Å²) in [6.07, 6.45) is 6.40. The lowest BCUT2D eigenvalue weighted by molar-refractivity contribution is -0.0228. The second-order valence-corrected chi connectivity index (χ2v) is 9.74. The molecule has 1 unspecified atom stereocenters. The van der Waals surface area contributed by atoms with Crippen LogP contribution in [-0.4, -0.2) is 52.3 Å². The standard InChI is InChI=1S/C25H26FN3O4S/c1-2-34-20-9-4-3-8-18(20)22(16-6-5-7-17(26)14-16)29-21-15-33-13-12-27(21)25(32)23-24(31)19(30)10-11-28(23)29/h3-11,16,21-22,31H,2,12-15H2,1H3/t16?,21-,22+/m1/s1. The van der Waals surface area contributed by atoms with Crippen molar-refractivity contribution < 1.29 is 19.0 Å². The van der Waals surface area contributed by atoms with Crippen molar-refractivity contribution in [3.05, 3.63) is 82.1 Å². The molecule has 1 aromatic carbocycles. The Morgan fingerprint density at radius 3 is 2.88 bits per heavy atom. The highest BCUT2D eigenvalue weighted by molar-refractivity contribution is 7.99. The molecule has 178 valence electrons. The molecule has 2 aromatic rings. The summed E-state index contributed by atoms with van der Waals surface area (Å²) in [6, 6.07) is 8.85. The summed E-state index contributed by atoms with van der Waals surface area (Å²) in [5.74, 6) is -0.608. The predicted molar refractivity (Wildman–Crippen MR) is 128 cm³/mol. The summed E-state index contributed by atoms with van der Waals surface area (Å²) in [4.78, 5) is 28.3. The third kappa shape index (κ3) is 3.82. The van der Waals surface area contributed by atoms with Crippen molar-refractivity contribution in [2.24, 2.45) is 5.92 Å². The average molecular weight is 484 g/mol. The van der Waals surface area contributed by atoms with Crippen LogP contribution < -0.4 is 10.4 Å². The zero-order valence-electron chi connectivity index (χ0n) is 18.8. The van der Waals surface area contributed by atoms with E-state index in [1.54, 1.807) is 27.4 Å². The van der Waals surface area contributed by atoms with E-state index in [4.69, 9.17) is 4.74 Å². The van der Waals surface area contributed by atoms with Crippen molar-refractivity contribution in [1.82, 2.24) is 9.58 Å². The molecule has 1 aliphatic carbocycles. The van der Waals surface area contributed by atoms with Crippen LogP contribution in [0.1, 0.15) is 35.4 Å². The first-order valence-corrected chi connectivity index (χ1v) is 12.4. The minimum Gasteiger partial charge on any atom is -0.502 e. The van der Waals surface area contributed by atoms with Crippen LogP contribution in [0.5, 0.6) is 5.75 Å². The fraction of sp³-hybridized carbons (Fsp3) is 0.360. The maximum atomic E-state index is 14.5. The number of thioether (sulfide) groups is 1.